The molecule has 128 valence electrons. The van der Waals surface area contributed by atoms with E-state index >= 15 is 0 Å². The third-order valence-corrected chi connectivity index (χ3v) is 4.21. The van der Waals surface area contributed by atoms with Gasteiger partial charge in [-0.3, -0.25) is 15.2 Å². The number of nitrogens with zero attached hydrogens (tertiary/aromatic N) is 2. The minimum Gasteiger partial charge on any atom is -0.335 e. The van der Waals surface area contributed by atoms with E-state index in [2.05, 4.69) is 25.8 Å². The zero-order valence-corrected chi connectivity index (χ0v) is 14.7. The van der Waals surface area contributed by atoms with Crippen molar-refractivity contribution >= 4 is 23.7 Å². The number of aromatic nitrogens is 3. The van der Waals surface area contributed by atoms with Crippen LogP contribution in [0.1, 0.15) is 25.8 Å². The second kappa shape index (κ2) is 8.49. The summed E-state index contributed by atoms with van der Waals surface area (Å²) in [5.74, 6) is 0.328. The van der Waals surface area contributed by atoms with Gasteiger partial charge in [-0.2, -0.15) is 0 Å². The van der Waals surface area contributed by atoms with Crippen molar-refractivity contribution in [2.24, 2.45) is 0 Å². The van der Waals surface area contributed by atoms with E-state index in [1.165, 1.54) is 17.3 Å². The minimum atomic E-state index is -0.481. The summed E-state index contributed by atoms with van der Waals surface area (Å²) in [5, 5.41) is 12.3. The van der Waals surface area contributed by atoms with Crippen molar-refractivity contribution in [1.29, 1.82) is 0 Å². The summed E-state index contributed by atoms with van der Waals surface area (Å²) >= 11 is 1.17. The second-order valence-corrected chi connectivity index (χ2v) is 6.39. The molecule has 2 aromatic rings. The Hall–Kier alpha value is -2.35. The molecule has 0 aliphatic carbocycles. The van der Waals surface area contributed by atoms with E-state index in [0.29, 0.717) is 11.0 Å². The molecule has 0 saturated carbocycles. The number of hydrogen-bond acceptors (Lipinski definition) is 5. The van der Waals surface area contributed by atoms with Crippen molar-refractivity contribution in [2.75, 3.05) is 5.75 Å². The van der Waals surface area contributed by atoms with Crippen molar-refractivity contribution in [1.82, 2.24) is 25.8 Å². The third-order valence-electron chi connectivity index (χ3n) is 3.37. The molecule has 3 amide bonds. The number of carbonyl (C=O) groups is 2. The van der Waals surface area contributed by atoms with Crippen LogP contribution in [0.3, 0.4) is 0 Å². The first-order valence-corrected chi connectivity index (χ1v) is 8.69. The Morgan fingerprint density at radius 3 is 2.67 bits per heavy atom. The summed E-state index contributed by atoms with van der Waals surface area (Å²) in [7, 11) is 0. The van der Waals surface area contributed by atoms with Gasteiger partial charge >= 0.3 is 6.03 Å². The van der Waals surface area contributed by atoms with Gasteiger partial charge in [0.15, 0.2) is 5.82 Å². The van der Waals surface area contributed by atoms with E-state index in [0.717, 1.165) is 12.0 Å². The lowest BCUT2D eigenvalue weighted by Crippen LogP contribution is -2.43. The summed E-state index contributed by atoms with van der Waals surface area (Å²) in [6.07, 6.45) is 0.801. The number of carbonyl (C=O) groups excluding carboxylic acids is 2. The molecular weight excluding hydrogens is 326 g/mol. The average molecular weight is 347 g/mol. The van der Waals surface area contributed by atoms with Crippen molar-refractivity contribution in [3.8, 4) is 11.4 Å². The van der Waals surface area contributed by atoms with Crippen LogP contribution in [0.5, 0.6) is 0 Å². The van der Waals surface area contributed by atoms with Crippen LogP contribution in [0.4, 0.5) is 4.79 Å². The minimum absolute atomic E-state index is 0.0236. The molecule has 1 aromatic carbocycles. The summed E-state index contributed by atoms with van der Waals surface area (Å²) in [5.41, 5.74) is 2.09. The van der Waals surface area contributed by atoms with Gasteiger partial charge in [0.25, 0.3) is 0 Å². The fourth-order valence-electron chi connectivity index (χ4n) is 1.81. The Bertz CT molecular complexity index is 699. The molecule has 24 heavy (non-hydrogen) atoms. The molecule has 0 aliphatic heterocycles. The van der Waals surface area contributed by atoms with Crippen LogP contribution in [-0.2, 0) is 4.79 Å². The monoisotopic (exact) mass is 347 g/mol. The predicted molar refractivity (Wildman–Crippen MR) is 93.7 cm³/mol. The molecule has 0 unspecified atom stereocenters. The molecule has 1 atom stereocenters. The number of urea groups is 1. The average Bonchev–Trinajstić information content (AvgIpc) is 3.02. The topological polar surface area (TPSA) is 99.8 Å². The van der Waals surface area contributed by atoms with Crippen LogP contribution in [-0.4, -0.2) is 38.9 Å². The Kier molecular flexibility index (Phi) is 6.36. The van der Waals surface area contributed by atoms with E-state index < -0.39 is 6.03 Å². The Morgan fingerprint density at radius 2 is 2.00 bits per heavy atom. The molecule has 0 aliphatic rings. The summed E-state index contributed by atoms with van der Waals surface area (Å²) in [6.45, 7) is 5.85. The first-order valence-electron chi connectivity index (χ1n) is 7.70. The van der Waals surface area contributed by atoms with Crippen molar-refractivity contribution in [3.63, 3.8) is 0 Å². The fraction of sp³-hybridized carbons (Fsp3) is 0.375. The fourth-order valence-corrected chi connectivity index (χ4v) is 2.40. The van der Waals surface area contributed by atoms with E-state index in [4.69, 9.17) is 0 Å². The van der Waals surface area contributed by atoms with Crippen LogP contribution in [0.25, 0.3) is 11.4 Å². The van der Waals surface area contributed by atoms with Gasteiger partial charge in [0.05, 0.1) is 5.75 Å². The highest BCUT2D eigenvalue weighted by atomic mass is 32.2. The van der Waals surface area contributed by atoms with Gasteiger partial charge in [-0.15, -0.1) is 5.10 Å². The van der Waals surface area contributed by atoms with Crippen LogP contribution in [0.2, 0.25) is 0 Å². The largest absolute Gasteiger partial charge is 0.335 e. The lowest BCUT2D eigenvalue weighted by atomic mass is 10.1. The molecule has 8 heteroatoms. The molecule has 0 saturated heterocycles. The number of rotatable bonds is 6. The van der Waals surface area contributed by atoms with Crippen molar-refractivity contribution < 1.29 is 9.59 Å². The first-order chi connectivity index (χ1) is 11.5. The quantitative estimate of drug-likeness (QED) is 0.697. The first kappa shape index (κ1) is 18.0. The predicted octanol–water partition coefficient (Wildman–Crippen LogP) is 2.50. The highest BCUT2D eigenvalue weighted by Crippen LogP contribution is 2.19. The maximum Gasteiger partial charge on any atom is 0.321 e. The van der Waals surface area contributed by atoms with Crippen LogP contribution in [0, 0.1) is 6.92 Å². The smallest absolute Gasteiger partial charge is 0.321 e. The maximum absolute atomic E-state index is 11.8. The number of aromatic amines is 1. The van der Waals surface area contributed by atoms with Crippen molar-refractivity contribution in [3.05, 3.63) is 29.8 Å². The van der Waals surface area contributed by atoms with E-state index in [-0.39, 0.29) is 17.7 Å². The lowest BCUT2D eigenvalue weighted by molar-refractivity contribution is -0.117. The normalized spacial score (nSPS) is 11.8. The van der Waals surface area contributed by atoms with Gasteiger partial charge in [-0.25, -0.2) is 9.78 Å². The summed E-state index contributed by atoms with van der Waals surface area (Å²) < 4.78 is 0. The number of aryl methyl sites for hydroxylation is 1. The molecule has 1 heterocycles. The molecule has 2 rings (SSSR count). The summed E-state index contributed by atoms with van der Waals surface area (Å²) in [4.78, 5) is 27.7. The van der Waals surface area contributed by atoms with E-state index in [9.17, 15) is 9.59 Å². The number of hydrogen-bond donors (Lipinski definition) is 3. The SMILES string of the molecule is CC[C@@H](C)NC(=O)NC(=O)CSc1n[nH]c(-c2ccc(C)cc2)n1. The molecule has 1 aromatic heterocycles. The van der Waals surface area contributed by atoms with E-state index in [1.807, 2.05) is 45.0 Å². The molecule has 7 nitrogen and oxygen atoms in total. The van der Waals surface area contributed by atoms with E-state index in [1.54, 1.807) is 0 Å². The number of imide groups is 1. The van der Waals surface area contributed by atoms with Crippen LogP contribution >= 0.6 is 11.8 Å². The van der Waals surface area contributed by atoms with Gasteiger partial charge < -0.3 is 5.32 Å². The van der Waals surface area contributed by atoms with Gasteiger partial charge in [0, 0.05) is 11.6 Å². The molecular formula is C16H21N5O2S. The zero-order valence-electron chi connectivity index (χ0n) is 13.9. The lowest BCUT2D eigenvalue weighted by Gasteiger charge is -2.11. The van der Waals surface area contributed by atoms with Gasteiger partial charge in [-0.05, 0) is 20.3 Å². The molecule has 3 N–H and O–H groups in total. The Balaban J connectivity index is 1.83. The third kappa shape index (κ3) is 5.38. The van der Waals surface area contributed by atoms with Gasteiger partial charge in [0.1, 0.15) is 0 Å². The van der Waals surface area contributed by atoms with Crippen LogP contribution in [0.15, 0.2) is 29.4 Å². The highest BCUT2D eigenvalue weighted by Gasteiger charge is 2.12. The maximum atomic E-state index is 11.8. The van der Waals surface area contributed by atoms with Crippen molar-refractivity contribution in [2.45, 2.75) is 38.4 Å². The number of nitrogens with one attached hydrogen (secondary N) is 3. The molecule has 0 bridgehead atoms. The number of amides is 3. The molecule has 0 radical (unpaired) electrons. The van der Waals surface area contributed by atoms with Gasteiger partial charge in [-0.1, -0.05) is 48.5 Å². The zero-order chi connectivity index (χ0) is 17.5. The Labute approximate surface area is 145 Å². The number of H-pyrrole nitrogens is 1. The second-order valence-electron chi connectivity index (χ2n) is 5.45. The molecule has 0 fully saturated rings. The summed E-state index contributed by atoms with van der Waals surface area (Å²) in [6, 6.07) is 7.44. The number of benzene rings is 1. The van der Waals surface area contributed by atoms with Crippen LogP contribution < -0.4 is 10.6 Å². The van der Waals surface area contributed by atoms with Gasteiger partial charge in [0.2, 0.25) is 11.1 Å². The highest BCUT2D eigenvalue weighted by molar-refractivity contribution is 7.99. The molecule has 0 spiro atoms. The standard InChI is InChI=1S/C16H21N5O2S/c1-4-11(3)17-15(23)18-13(22)9-24-16-19-14(20-21-16)12-7-5-10(2)6-8-12/h5-8,11H,4,9H2,1-3H3,(H,19,20,21)(H2,17,18,22,23)/t11-/m1/s1. The Morgan fingerprint density at radius 1 is 1.29 bits per heavy atom. The number of thioether (sulfide) groups is 1.